The molecule has 0 aliphatic rings. The second-order valence-electron chi connectivity index (χ2n) is 7.21. The number of likely N-dealkylation sites (N-methyl/N-ethyl adjacent to an activating group) is 1. The lowest BCUT2D eigenvalue weighted by atomic mass is 10.3. The number of anilines is 1. The van der Waals surface area contributed by atoms with Crippen molar-refractivity contribution in [3.8, 4) is 5.75 Å². The standard InChI is InChI=1S/C22H26ClN3O4S2.ClH/c1-4-25(5-2)12-13-26(21(27)15-30-17-8-6-16(23)7-9-17)22-24-19-11-10-18(32(3,28)29)14-20(19)31-22;/h6-11,14H,4-5,12-13,15H2,1-3H3;1H. The summed E-state index contributed by atoms with van der Waals surface area (Å²) in [7, 11) is -3.33. The summed E-state index contributed by atoms with van der Waals surface area (Å²) in [5, 5.41) is 1.11. The van der Waals surface area contributed by atoms with Crippen LogP contribution in [0.4, 0.5) is 5.13 Å². The molecule has 3 rings (SSSR count). The summed E-state index contributed by atoms with van der Waals surface area (Å²) in [5.41, 5.74) is 0.650. The van der Waals surface area contributed by atoms with Gasteiger partial charge in [-0.15, -0.1) is 12.4 Å². The zero-order valence-electron chi connectivity index (χ0n) is 18.7. The SMILES string of the molecule is CCN(CC)CCN(C(=O)COc1ccc(Cl)cc1)c1nc2ccc(S(C)(=O)=O)cc2s1.Cl. The lowest BCUT2D eigenvalue weighted by molar-refractivity contribution is -0.120. The van der Waals surface area contributed by atoms with Crippen molar-refractivity contribution in [2.45, 2.75) is 18.7 Å². The summed E-state index contributed by atoms with van der Waals surface area (Å²) < 4.78 is 30.2. The van der Waals surface area contributed by atoms with E-state index in [9.17, 15) is 13.2 Å². The molecule has 2 aromatic carbocycles. The third kappa shape index (κ3) is 7.28. The molecule has 0 N–H and O–H groups in total. The van der Waals surface area contributed by atoms with E-state index in [-0.39, 0.29) is 29.8 Å². The molecule has 7 nitrogen and oxygen atoms in total. The number of hydrogen-bond donors (Lipinski definition) is 0. The zero-order chi connectivity index (χ0) is 23.3. The van der Waals surface area contributed by atoms with Gasteiger partial charge in [0.2, 0.25) is 0 Å². The van der Waals surface area contributed by atoms with E-state index < -0.39 is 9.84 Å². The molecule has 0 fully saturated rings. The van der Waals surface area contributed by atoms with Crippen LogP contribution < -0.4 is 9.64 Å². The average molecular weight is 533 g/mol. The molecule has 3 aromatic rings. The third-order valence-corrected chi connectivity index (χ3v) is 7.42. The summed E-state index contributed by atoms with van der Waals surface area (Å²) in [6, 6.07) is 11.6. The lowest BCUT2D eigenvalue weighted by Crippen LogP contribution is -2.41. The van der Waals surface area contributed by atoms with E-state index in [1.165, 1.54) is 23.7 Å². The van der Waals surface area contributed by atoms with Crippen molar-refractivity contribution in [3.63, 3.8) is 0 Å². The maximum absolute atomic E-state index is 13.1. The minimum absolute atomic E-state index is 0. The van der Waals surface area contributed by atoms with Gasteiger partial charge in [0.25, 0.3) is 5.91 Å². The largest absolute Gasteiger partial charge is 0.484 e. The predicted molar refractivity (Wildman–Crippen MR) is 137 cm³/mol. The van der Waals surface area contributed by atoms with Crippen LogP contribution in [0.3, 0.4) is 0 Å². The fourth-order valence-corrected chi connectivity index (χ4v) is 5.00. The maximum Gasteiger partial charge on any atom is 0.266 e. The summed E-state index contributed by atoms with van der Waals surface area (Å²) in [5.74, 6) is 0.322. The molecule has 0 saturated heterocycles. The van der Waals surface area contributed by atoms with E-state index in [0.29, 0.717) is 39.2 Å². The monoisotopic (exact) mass is 531 g/mol. The maximum atomic E-state index is 13.1. The van der Waals surface area contributed by atoms with Crippen LogP contribution in [0.5, 0.6) is 5.75 Å². The summed E-state index contributed by atoms with van der Waals surface area (Å²) in [6.07, 6.45) is 1.17. The van der Waals surface area contributed by atoms with Crippen LogP contribution in [-0.4, -0.2) is 63.3 Å². The first-order valence-corrected chi connectivity index (χ1v) is 13.3. The molecule has 1 heterocycles. The van der Waals surface area contributed by atoms with E-state index in [2.05, 4.69) is 23.7 Å². The van der Waals surface area contributed by atoms with Crippen molar-refractivity contribution in [3.05, 3.63) is 47.5 Å². The minimum atomic E-state index is -3.33. The highest BCUT2D eigenvalue weighted by atomic mass is 35.5. The Labute approximate surface area is 209 Å². The Morgan fingerprint density at radius 3 is 2.36 bits per heavy atom. The number of halogens is 2. The predicted octanol–water partition coefficient (Wildman–Crippen LogP) is 4.53. The van der Waals surface area contributed by atoms with Crippen molar-refractivity contribution in [2.75, 3.05) is 43.9 Å². The Morgan fingerprint density at radius 1 is 1.09 bits per heavy atom. The van der Waals surface area contributed by atoms with Gasteiger partial charge in [-0.25, -0.2) is 13.4 Å². The Bertz CT molecular complexity index is 1180. The Hall–Kier alpha value is -1.91. The van der Waals surface area contributed by atoms with Crippen molar-refractivity contribution >= 4 is 66.4 Å². The van der Waals surface area contributed by atoms with E-state index in [1.54, 1.807) is 41.3 Å². The molecule has 0 aliphatic carbocycles. The van der Waals surface area contributed by atoms with Crippen LogP contribution in [0.2, 0.25) is 5.02 Å². The van der Waals surface area contributed by atoms with Gasteiger partial charge in [0.15, 0.2) is 21.6 Å². The van der Waals surface area contributed by atoms with Crippen LogP contribution >= 0.6 is 35.3 Å². The molecule has 1 amide bonds. The summed E-state index contributed by atoms with van der Waals surface area (Å²) in [6.45, 7) is 6.88. The fraction of sp³-hybridized carbons (Fsp3) is 0.364. The first-order valence-electron chi connectivity index (χ1n) is 10.2. The molecular weight excluding hydrogens is 505 g/mol. The first kappa shape index (κ1) is 27.3. The number of benzene rings is 2. The Balaban J connectivity index is 0.00000385. The number of nitrogens with zero attached hydrogens (tertiary/aromatic N) is 3. The normalized spacial score (nSPS) is 11.4. The number of amides is 1. The number of thiazole rings is 1. The van der Waals surface area contributed by atoms with Gasteiger partial charge in [-0.3, -0.25) is 9.69 Å². The quantitative estimate of drug-likeness (QED) is 0.382. The Kier molecular flexibility index (Phi) is 9.93. The number of carbonyl (C=O) groups is 1. The second kappa shape index (κ2) is 12.0. The minimum Gasteiger partial charge on any atom is -0.484 e. The summed E-state index contributed by atoms with van der Waals surface area (Å²) in [4.78, 5) is 21.8. The van der Waals surface area contributed by atoms with Crippen LogP contribution in [0, 0.1) is 0 Å². The van der Waals surface area contributed by atoms with Gasteiger partial charge in [0.1, 0.15) is 5.75 Å². The molecule has 0 bridgehead atoms. The van der Waals surface area contributed by atoms with Crippen LogP contribution in [0.1, 0.15) is 13.8 Å². The van der Waals surface area contributed by atoms with Gasteiger partial charge in [-0.2, -0.15) is 0 Å². The van der Waals surface area contributed by atoms with E-state index >= 15 is 0 Å². The van der Waals surface area contributed by atoms with E-state index in [4.69, 9.17) is 16.3 Å². The molecule has 180 valence electrons. The van der Waals surface area contributed by atoms with Crippen molar-refractivity contribution in [2.24, 2.45) is 0 Å². The highest BCUT2D eigenvalue weighted by Gasteiger charge is 2.22. The Morgan fingerprint density at radius 2 is 1.76 bits per heavy atom. The molecular formula is C22H27Cl2N3O4S2. The number of carbonyl (C=O) groups excluding carboxylic acids is 1. The van der Waals surface area contributed by atoms with E-state index in [0.717, 1.165) is 13.1 Å². The molecule has 11 heteroatoms. The average Bonchev–Trinajstić information content (AvgIpc) is 3.18. The first-order chi connectivity index (χ1) is 15.2. The molecule has 0 atom stereocenters. The van der Waals surface area contributed by atoms with Crippen molar-refractivity contribution in [1.82, 2.24) is 9.88 Å². The fourth-order valence-electron chi connectivity index (χ4n) is 3.10. The molecule has 1 aromatic heterocycles. The summed E-state index contributed by atoms with van der Waals surface area (Å²) >= 11 is 7.19. The molecule has 0 aliphatic heterocycles. The smallest absolute Gasteiger partial charge is 0.266 e. The molecule has 0 unspecified atom stereocenters. The van der Waals surface area contributed by atoms with Gasteiger partial charge >= 0.3 is 0 Å². The molecule has 0 spiro atoms. The number of ether oxygens (including phenoxy) is 1. The molecule has 33 heavy (non-hydrogen) atoms. The van der Waals surface area contributed by atoms with Crippen LogP contribution in [0.25, 0.3) is 10.2 Å². The third-order valence-electron chi connectivity index (χ3n) is 5.02. The second-order valence-corrected chi connectivity index (χ2v) is 10.7. The molecule has 0 saturated carbocycles. The topological polar surface area (TPSA) is 79.8 Å². The van der Waals surface area contributed by atoms with Gasteiger partial charge < -0.3 is 9.64 Å². The molecule has 0 radical (unpaired) electrons. The van der Waals surface area contributed by atoms with Gasteiger partial charge in [0.05, 0.1) is 15.1 Å². The van der Waals surface area contributed by atoms with Crippen molar-refractivity contribution in [1.29, 1.82) is 0 Å². The number of fused-ring (bicyclic) bond motifs is 1. The van der Waals surface area contributed by atoms with Crippen molar-refractivity contribution < 1.29 is 17.9 Å². The van der Waals surface area contributed by atoms with Crippen LogP contribution in [-0.2, 0) is 14.6 Å². The van der Waals surface area contributed by atoms with Crippen LogP contribution in [0.15, 0.2) is 47.4 Å². The van der Waals surface area contributed by atoms with Gasteiger partial charge in [-0.1, -0.05) is 36.8 Å². The zero-order valence-corrected chi connectivity index (χ0v) is 21.9. The lowest BCUT2D eigenvalue weighted by Gasteiger charge is -2.24. The number of hydrogen-bond acceptors (Lipinski definition) is 7. The highest BCUT2D eigenvalue weighted by molar-refractivity contribution is 7.90. The highest BCUT2D eigenvalue weighted by Crippen LogP contribution is 2.31. The number of rotatable bonds is 10. The number of aromatic nitrogens is 1. The van der Waals surface area contributed by atoms with Gasteiger partial charge in [0, 0.05) is 24.4 Å². The number of sulfone groups is 1. The van der Waals surface area contributed by atoms with Gasteiger partial charge in [-0.05, 0) is 55.6 Å². The van der Waals surface area contributed by atoms with E-state index in [1.807, 2.05) is 0 Å².